The lowest BCUT2D eigenvalue weighted by Crippen LogP contribution is -2.17. The molecule has 1 rings (SSSR count). The molecule has 1 N–H and O–H groups in total. The summed E-state index contributed by atoms with van der Waals surface area (Å²) in [5.41, 5.74) is -0.0370. The lowest BCUT2D eigenvalue weighted by Gasteiger charge is -2.05. The Morgan fingerprint density at radius 2 is 2.57 bits per heavy atom. The number of hydrogen-bond donors (Lipinski definition) is 2. The average Bonchev–Trinajstić information content (AvgIpc) is 1.69. The van der Waals surface area contributed by atoms with Gasteiger partial charge in [0.05, 0.1) is 0 Å². The maximum atomic E-state index is 4.00. The highest BCUT2D eigenvalue weighted by atomic mass is 32.1. The molecule has 0 aliphatic carbocycles. The summed E-state index contributed by atoms with van der Waals surface area (Å²) in [6, 6.07) is 0. The van der Waals surface area contributed by atoms with Gasteiger partial charge < -0.3 is 5.32 Å². The van der Waals surface area contributed by atoms with Crippen molar-refractivity contribution < 1.29 is 0 Å². The van der Waals surface area contributed by atoms with Gasteiger partial charge in [0.2, 0.25) is 0 Å². The highest BCUT2D eigenvalue weighted by Gasteiger charge is 1.92. The first-order valence-corrected chi connectivity index (χ1v) is 2.54. The Labute approximate surface area is 47.7 Å². The smallest absolute Gasteiger partial charge is 0.163 e. The molecule has 1 atom stereocenters. The second-order valence-electron chi connectivity index (χ2n) is 1.20. The second kappa shape index (κ2) is 2.02. The summed E-state index contributed by atoms with van der Waals surface area (Å²) < 4.78 is 0. The first kappa shape index (κ1) is 4.71. The summed E-state index contributed by atoms with van der Waals surface area (Å²) in [5, 5.41) is 2.87. The number of hydrogen-bond acceptors (Lipinski definition) is 3. The molecule has 38 valence electrons. The van der Waals surface area contributed by atoms with Crippen LogP contribution in [-0.4, -0.2) is 11.7 Å². The SMILES string of the molecule is SC1N=CC=CN1. The zero-order valence-corrected chi connectivity index (χ0v) is 4.60. The zero-order chi connectivity index (χ0) is 5.11. The number of nitrogens with one attached hydrogen (secondary N) is 1. The van der Waals surface area contributed by atoms with E-state index in [1.165, 1.54) is 0 Å². The van der Waals surface area contributed by atoms with Crippen molar-refractivity contribution in [3.8, 4) is 0 Å². The molecule has 0 amide bonds. The molecule has 0 aromatic heterocycles. The molecule has 7 heavy (non-hydrogen) atoms. The van der Waals surface area contributed by atoms with Gasteiger partial charge in [0.15, 0.2) is 5.50 Å². The predicted octanol–water partition coefficient (Wildman–Crippen LogP) is 0.388. The van der Waals surface area contributed by atoms with Crippen LogP contribution in [0.3, 0.4) is 0 Å². The van der Waals surface area contributed by atoms with E-state index >= 15 is 0 Å². The number of aliphatic imine (C=N–C) groups is 1. The topological polar surface area (TPSA) is 24.4 Å². The average molecular weight is 114 g/mol. The van der Waals surface area contributed by atoms with Gasteiger partial charge >= 0.3 is 0 Å². The van der Waals surface area contributed by atoms with Crippen molar-refractivity contribution in [3.63, 3.8) is 0 Å². The molecule has 0 aromatic carbocycles. The summed E-state index contributed by atoms with van der Waals surface area (Å²) in [4.78, 5) is 3.87. The molecule has 1 unspecified atom stereocenters. The molecule has 0 aromatic rings. The highest BCUT2D eigenvalue weighted by molar-refractivity contribution is 7.80. The van der Waals surface area contributed by atoms with E-state index < -0.39 is 0 Å². The van der Waals surface area contributed by atoms with E-state index in [-0.39, 0.29) is 5.50 Å². The van der Waals surface area contributed by atoms with Crippen molar-refractivity contribution >= 4 is 18.8 Å². The molecule has 0 bridgehead atoms. The van der Waals surface area contributed by atoms with Crippen LogP contribution in [0, 0.1) is 0 Å². The molecule has 0 saturated carbocycles. The third-order valence-electron chi connectivity index (χ3n) is 0.655. The molecule has 0 saturated heterocycles. The fourth-order valence-electron chi connectivity index (χ4n) is 0.359. The Morgan fingerprint density at radius 3 is 2.86 bits per heavy atom. The van der Waals surface area contributed by atoms with Gasteiger partial charge in [-0.2, -0.15) is 0 Å². The summed E-state index contributed by atoms with van der Waals surface area (Å²) in [6.07, 6.45) is 5.35. The van der Waals surface area contributed by atoms with E-state index in [9.17, 15) is 0 Å². The van der Waals surface area contributed by atoms with Gasteiger partial charge in [-0.15, -0.1) is 12.6 Å². The summed E-state index contributed by atoms with van der Waals surface area (Å²) >= 11 is 4.00. The molecule has 0 spiro atoms. The molecule has 1 heterocycles. The minimum Gasteiger partial charge on any atom is -0.362 e. The van der Waals surface area contributed by atoms with E-state index in [4.69, 9.17) is 0 Å². The largest absolute Gasteiger partial charge is 0.362 e. The van der Waals surface area contributed by atoms with Crippen LogP contribution in [0.15, 0.2) is 17.3 Å². The van der Waals surface area contributed by atoms with Gasteiger partial charge in [-0.25, -0.2) is 0 Å². The zero-order valence-electron chi connectivity index (χ0n) is 3.70. The molecule has 0 radical (unpaired) electrons. The van der Waals surface area contributed by atoms with Crippen LogP contribution >= 0.6 is 12.6 Å². The lowest BCUT2D eigenvalue weighted by atomic mass is 10.6. The third-order valence-corrected chi connectivity index (χ3v) is 0.937. The Balaban J connectivity index is 2.49. The number of rotatable bonds is 0. The van der Waals surface area contributed by atoms with Crippen LogP contribution in [0.1, 0.15) is 0 Å². The normalized spacial score (nSPS) is 27.3. The number of allylic oxidation sites excluding steroid dienone is 1. The molecular weight excluding hydrogens is 108 g/mol. The molecule has 0 fully saturated rings. The van der Waals surface area contributed by atoms with E-state index in [0.29, 0.717) is 0 Å². The van der Waals surface area contributed by atoms with Gasteiger partial charge in [-0.1, -0.05) is 0 Å². The molecule has 1 aliphatic heterocycles. The number of thiol groups is 1. The summed E-state index contributed by atoms with van der Waals surface area (Å²) in [6.45, 7) is 0. The molecule has 1 aliphatic rings. The van der Waals surface area contributed by atoms with Crippen LogP contribution < -0.4 is 5.32 Å². The van der Waals surface area contributed by atoms with Crippen molar-refractivity contribution in [3.05, 3.63) is 12.3 Å². The Kier molecular flexibility index (Phi) is 1.36. The minimum absolute atomic E-state index is 0.0370. The van der Waals surface area contributed by atoms with Crippen LogP contribution in [0.4, 0.5) is 0 Å². The Hall–Kier alpha value is -0.440. The van der Waals surface area contributed by atoms with Crippen LogP contribution in [-0.2, 0) is 0 Å². The van der Waals surface area contributed by atoms with Crippen LogP contribution in [0.5, 0.6) is 0 Å². The van der Waals surface area contributed by atoms with Crippen molar-refractivity contribution in [1.29, 1.82) is 0 Å². The van der Waals surface area contributed by atoms with E-state index in [1.807, 2.05) is 12.3 Å². The molecule has 2 nitrogen and oxygen atoms in total. The second-order valence-corrected chi connectivity index (χ2v) is 1.69. The first-order chi connectivity index (χ1) is 3.39. The van der Waals surface area contributed by atoms with E-state index in [1.54, 1.807) is 6.21 Å². The van der Waals surface area contributed by atoms with Gasteiger partial charge in [0.1, 0.15) is 0 Å². The monoisotopic (exact) mass is 114 g/mol. The minimum atomic E-state index is -0.0370. The Morgan fingerprint density at radius 1 is 1.71 bits per heavy atom. The lowest BCUT2D eigenvalue weighted by molar-refractivity contribution is 0.823. The maximum absolute atomic E-state index is 4.00. The van der Waals surface area contributed by atoms with Gasteiger partial charge in [0, 0.05) is 12.4 Å². The predicted molar refractivity (Wildman–Crippen MR) is 33.5 cm³/mol. The maximum Gasteiger partial charge on any atom is 0.163 e. The first-order valence-electron chi connectivity index (χ1n) is 2.02. The number of nitrogens with zero attached hydrogens (tertiary/aromatic N) is 1. The van der Waals surface area contributed by atoms with Crippen molar-refractivity contribution in [2.75, 3.05) is 0 Å². The van der Waals surface area contributed by atoms with Crippen LogP contribution in [0.25, 0.3) is 0 Å². The van der Waals surface area contributed by atoms with Crippen molar-refractivity contribution in [2.24, 2.45) is 4.99 Å². The van der Waals surface area contributed by atoms with Gasteiger partial charge in [0.25, 0.3) is 0 Å². The fourth-order valence-corrected chi connectivity index (χ4v) is 0.522. The van der Waals surface area contributed by atoms with Gasteiger partial charge in [-0.3, -0.25) is 4.99 Å². The van der Waals surface area contributed by atoms with Crippen molar-refractivity contribution in [1.82, 2.24) is 5.32 Å². The van der Waals surface area contributed by atoms with E-state index in [0.717, 1.165) is 0 Å². The quantitative estimate of drug-likeness (QED) is 0.437. The standard InChI is InChI=1S/C4H6N2S/c7-4-5-2-1-3-6-4/h1-5,7H. The summed E-state index contributed by atoms with van der Waals surface area (Å²) in [7, 11) is 0. The Bertz CT molecular complexity index is 108. The van der Waals surface area contributed by atoms with E-state index in [2.05, 4.69) is 22.9 Å². The fraction of sp³-hybridized carbons (Fsp3) is 0.250. The molecular formula is C4H6N2S. The third kappa shape index (κ3) is 1.23. The summed E-state index contributed by atoms with van der Waals surface area (Å²) in [5.74, 6) is 0. The van der Waals surface area contributed by atoms with Crippen LogP contribution in [0.2, 0.25) is 0 Å². The van der Waals surface area contributed by atoms with Crippen molar-refractivity contribution in [2.45, 2.75) is 5.50 Å². The highest BCUT2D eigenvalue weighted by Crippen LogP contribution is 1.92. The van der Waals surface area contributed by atoms with Gasteiger partial charge in [-0.05, 0) is 6.08 Å². The molecule has 3 heteroatoms.